The van der Waals surface area contributed by atoms with Crippen molar-refractivity contribution >= 4 is 33.3 Å². The Kier molecular flexibility index (Phi) is 7.88. The first kappa shape index (κ1) is 26.3. The zero-order valence-electron chi connectivity index (χ0n) is 20.5. The summed E-state index contributed by atoms with van der Waals surface area (Å²) in [6.45, 7) is 4.79. The maximum Gasteiger partial charge on any atom is 0.257 e. The monoisotopic (exact) mass is 534 g/mol. The molecule has 1 fully saturated rings. The van der Waals surface area contributed by atoms with Gasteiger partial charge in [0.25, 0.3) is 5.91 Å². The highest BCUT2D eigenvalue weighted by Crippen LogP contribution is 2.33. The average Bonchev–Trinajstić information content (AvgIpc) is 2.88. The van der Waals surface area contributed by atoms with E-state index in [1.807, 2.05) is 44.2 Å². The smallest absolute Gasteiger partial charge is 0.257 e. The number of carbonyl (C=O) groups excluding carboxylic acids is 1. The highest BCUT2D eigenvalue weighted by Gasteiger charge is 2.32. The van der Waals surface area contributed by atoms with Crippen LogP contribution in [0.3, 0.4) is 0 Å². The molecule has 1 heterocycles. The summed E-state index contributed by atoms with van der Waals surface area (Å²) >= 11 is 5.39. The summed E-state index contributed by atoms with van der Waals surface area (Å²) in [4.78, 5) is 14.1. The number of aryl methyl sites for hydroxylation is 2. The van der Waals surface area contributed by atoms with E-state index in [1.165, 1.54) is 22.5 Å². The Morgan fingerprint density at radius 3 is 2.24 bits per heavy atom. The number of thiocarbonyl (C=S) groups is 1. The van der Waals surface area contributed by atoms with E-state index < -0.39 is 10.0 Å². The van der Waals surface area contributed by atoms with Crippen LogP contribution in [0.5, 0.6) is 11.5 Å². The lowest BCUT2D eigenvalue weighted by atomic mass is 10.1. The Morgan fingerprint density at radius 2 is 1.62 bits per heavy atom. The lowest BCUT2D eigenvalue weighted by molar-refractivity contribution is 0.0971. The number of nitriles is 1. The third-order valence-corrected chi connectivity index (χ3v) is 8.18. The van der Waals surface area contributed by atoms with Crippen molar-refractivity contribution in [2.75, 3.05) is 26.2 Å². The van der Waals surface area contributed by atoms with Gasteiger partial charge in [-0.25, -0.2) is 8.42 Å². The summed E-state index contributed by atoms with van der Waals surface area (Å²) in [6, 6.07) is 20.8. The van der Waals surface area contributed by atoms with Crippen LogP contribution in [0, 0.1) is 25.2 Å². The van der Waals surface area contributed by atoms with Crippen molar-refractivity contribution in [2.24, 2.45) is 0 Å². The van der Waals surface area contributed by atoms with E-state index in [9.17, 15) is 18.5 Å². The molecule has 1 aliphatic rings. The Bertz CT molecular complexity index is 1460. The van der Waals surface area contributed by atoms with Crippen molar-refractivity contribution in [3.8, 4) is 17.6 Å². The second-order valence-corrected chi connectivity index (χ2v) is 11.0. The molecule has 0 bridgehead atoms. The van der Waals surface area contributed by atoms with Crippen LogP contribution in [0.15, 0.2) is 71.6 Å². The van der Waals surface area contributed by atoms with E-state index in [-0.39, 0.29) is 40.3 Å². The fraction of sp³-hybridized carbons (Fsp3) is 0.222. The molecule has 0 radical (unpaired) electrons. The molecule has 0 unspecified atom stereocenters. The third kappa shape index (κ3) is 6.14. The summed E-state index contributed by atoms with van der Waals surface area (Å²) in [5.74, 6) is 0.349. The molecule has 1 amide bonds. The first-order chi connectivity index (χ1) is 17.7. The molecule has 1 N–H and O–H groups in total. The highest BCUT2D eigenvalue weighted by atomic mass is 32.2. The molecule has 1 aliphatic heterocycles. The number of hydrogen-bond acceptors (Lipinski definition) is 6. The number of hydrogen-bond donors (Lipinski definition) is 1. The molecule has 3 aromatic rings. The summed E-state index contributed by atoms with van der Waals surface area (Å²) in [5, 5.41) is 12.3. The molecule has 0 saturated carbocycles. The van der Waals surface area contributed by atoms with Gasteiger partial charge in [0.2, 0.25) is 10.0 Å². The summed E-state index contributed by atoms with van der Waals surface area (Å²) in [7, 11) is -3.98. The standard InChI is InChI=1S/C27H26N4O4S2/c1-19-14-20(2)16-23(15-19)35-24-9-8-21(18-28)17-25(24)37(33,34)31-12-10-30(11-13-31)27(36)29-26(32)22-6-4-3-5-7-22/h3-9,14-17H,10-13H2,1-2H3,(H,29,32,36). The zero-order chi connectivity index (χ0) is 26.6. The predicted molar refractivity (Wildman–Crippen MR) is 144 cm³/mol. The Labute approximate surface area is 222 Å². The molecule has 0 atom stereocenters. The number of piperazine rings is 1. The largest absolute Gasteiger partial charge is 0.456 e. The summed E-state index contributed by atoms with van der Waals surface area (Å²) in [6.07, 6.45) is 0. The van der Waals surface area contributed by atoms with Crippen LogP contribution in [0.2, 0.25) is 0 Å². The molecule has 1 saturated heterocycles. The van der Waals surface area contributed by atoms with E-state index in [4.69, 9.17) is 17.0 Å². The van der Waals surface area contributed by atoms with E-state index in [1.54, 1.807) is 29.2 Å². The van der Waals surface area contributed by atoms with Gasteiger partial charge in [-0.3, -0.25) is 10.1 Å². The minimum Gasteiger partial charge on any atom is -0.456 e. The molecule has 0 aliphatic carbocycles. The van der Waals surface area contributed by atoms with Gasteiger partial charge in [-0.1, -0.05) is 24.3 Å². The number of carbonyl (C=O) groups is 1. The van der Waals surface area contributed by atoms with Gasteiger partial charge in [0, 0.05) is 31.7 Å². The number of nitrogens with one attached hydrogen (secondary N) is 1. The number of ether oxygens (including phenoxy) is 1. The molecule has 0 spiro atoms. The second-order valence-electron chi connectivity index (χ2n) is 8.72. The van der Waals surface area contributed by atoms with Crippen molar-refractivity contribution in [3.05, 3.63) is 89.0 Å². The van der Waals surface area contributed by atoms with Crippen LogP contribution in [-0.2, 0) is 10.0 Å². The third-order valence-electron chi connectivity index (χ3n) is 5.90. The van der Waals surface area contributed by atoms with Gasteiger partial charge in [-0.2, -0.15) is 9.57 Å². The molecule has 3 aromatic carbocycles. The van der Waals surface area contributed by atoms with Crippen molar-refractivity contribution < 1.29 is 17.9 Å². The maximum atomic E-state index is 13.7. The Hall–Kier alpha value is -3.78. The van der Waals surface area contributed by atoms with Crippen LogP contribution < -0.4 is 10.1 Å². The molecule has 0 aromatic heterocycles. The van der Waals surface area contributed by atoms with Crippen LogP contribution in [0.4, 0.5) is 0 Å². The molecule has 190 valence electrons. The summed E-state index contributed by atoms with van der Waals surface area (Å²) in [5.41, 5.74) is 2.67. The average molecular weight is 535 g/mol. The fourth-order valence-corrected chi connectivity index (χ4v) is 5.93. The van der Waals surface area contributed by atoms with E-state index in [0.717, 1.165) is 11.1 Å². The minimum atomic E-state index is -3.98. The van der Waals surface area contributed by atoms with Gasteiger partial charge in [0.15, 0.2) is 5.11 Å². The molecule has 37 heavy (non-hydrogen) atoms. The highest BCUT2D eigenvalue weighted by molar-refractivity contribution is 7.89. The van der Waals surface area contributed by atoms with Crippen LogP contribution >= 0.6 is 12.2 Å². The van der Waals surface area contributed by atoms with Crippen molar-refractivity contribution in [1.82, 2.24) is 14.5 Å². The zero-order valence-corrected chi connectivity index (χ0v) is 22.1. The second kappa shape index (κ2) is 11.1. The molecule has 8 nitrogen and oxygen atoms in total. The van der Waals surface area contributed by atoms with E-state index >= 15 is 0 Å². The van der Waals surface area contributed by atoms with Crippen molar-refractivity contribution in [3.63, 3.8) is 0 Å². The van der Waals surface area contributed by atoms with Crippen LogP contribution in [0.1, 0.15) is 27.0 Å². The van der Waals surface area contributed by atoms with Gasteiger partial charge in [0.05, 0.1) is 11.6 Å². The molecular formula is C27H26N4O4S2. The number of amides is 1. The van der Waals surface area contributed by atoms with Crippen molar-refractivity contribution in [2.45, 2.75) is 18.7 Å². The van der Waals surface area contributed by atoms with Gasteiger partial charge >= 0.3 is 0 Å². The summed E-state index contributed by atoms with van der Waals surface area (Å²) < 4.78 is 34.7. The number of benzene rings is 3. The van der Waals surface area contributed by atoms with Gasteiger partial charge in [-0.15, -0.1) is 0 Å². The van der Waals surface area contributed by atoms with Gasteiger partial charge in [-0.05, 0) is 79.7 Å². The van der Waals surface area contributed by atoms with Gasteiger partial charge in [0.1, 0.15) is 16.4 Å². The normalized spacial score (nSPS) is 14.0. The minimum absolute atomic E-state index is 0.0703. The Balaban J connectivity index is 1.50. The Morgan fingerprint density at radius 1 is 0.973 bits per heavy atom. The lowest BCUT2D eigenvalue weighted by Gasteiger charge is -2.35. The van der Waals surface area contributed by atoms with Crippen LogP contribution in [0.25, 0.3) is 0 Å². The molecule has 4 rings (SSSR count). The van der Waals surface area contributed by atoms with Crippen molar-refractivity contribution in [1.29, 1.82) is 5.26 Å². The topological polar surface area (TPSA) is 103 Å². The predicted octanol–water partition coefficient (Wildman–Crippen LogP) is 3.99. The quantitative estimate of drug-likeness (QED) is 0.494. The van der Waals surface area contributed by atoms with Gasteiger partial charge < -0.3 is 9.64 Å². The van der Waals surface area contributed by atoms with E-state index in [0.29, 0.717) is 24.4 Å². The maximum absolute atomic E-state index is 13.7. The molecule has 10 heteroatoms. The first-order valence-electron chi connectivity index (χ1n) is 11.6. The number of sulfonamides is 1. The number of rotatable bonds is 5. The molecular weight excluding hydrogens is 508 g/mol. The van der Waals surface area contributed by atoms with E-state index in [2.05, 4.69) is 5.32 Å². The fourth-order valence-electron chi connectivity index (χ4n) is 4.09. The SMILES string of the molecule is Cc1cc(C)cc(Oc2ccc(C#N)cc2S(=O)(=O)N2CCN(C(=S)NC(=O)c3ccccc3)CC2)c1. The first-order valence-corrected chi connectivity index (χ1v) is 13.5. The number of nitrogens with zero attached hydrogens (tertiary/aromatic N) is 3. The lowest BCUT2D eigenvalue weighted by Crippen LogP contribution is -2.53. The van der Waals surface area contributed by atoms with Crippen LogP contribution in [-0.4, -0.2) is 54.8 Å².